The molecule has 0 aromatic rings. The van der Waals surface area contributed by atoms with Gasteiger partial charge in [0.05, 0.1) is 0 Å². The molecule has 8 heavy (non-hydrogen) atoms. The summed E-state index contributed by atoms with van der Waals surface area (Å²) < 4.78 is 0. The molecule has 0 saturated carbocycles. The van der Waals surface area contributed by atoms with Crippen LogP contribution < -0.4 is 19.2 Å². The van der Waals surface area contributed by atoms with Gasteiger partial charge in [0.1, 0.15) is 0 Å². The van der Waals surface area contributed by atoms with Crippen molar-refractivity contribution in [2.45, 2.75) is 0 Å². The molecular weight excluding hydrogens is 203 g/mol. The normalized spacial score (nSPS) is 7.50. The molecule has 0 atom stereocenters. The molecule has 0 saturated heterocycles. The summed E-state index contributed by atoms with van der Waals surface area (Å²) in [4.78, 5) is 34.3. The first kappa shape index (κ1) is 22.6. The van der Waals surface area contributed by atoms with E-state index in [1.54, 1.807) is 0 Å². The number of rotatable bonds is 0. The predicted molar refractivity (Wildman–Crippen MR) is 15.1 cm³/mol. The third kappa shape index (κ3) is 112. The van der Waals surface area contributed by atoms with Crippen molar-refractivity contribution >= 4 is 46.8 Å². The van der Waals surface area contributed by atoms with Crippen molar-refractivity contribution < 1.29 is 41.7 Å². The first-order valence-corrected chi connectivity index (χ1v) is 2.45. The van der Waals surface area contributed by atoms with Crippen molar-refractivity contribution in [1.29, 1.82) is 0 Å². The second-order valence-corrected chi connectivity index (χ2v) is 1.50. The van der Waals surface area contributed by atoms with Gasteiger partial charge in [0.2, 0.25) is 0 Å². The van der Waals surface area contributed by atoms with Crippen molar-refractivity contribution in [3.05, 3.63) is 0 Å². The second-order valence-electron chi connectivity index (χ2n) is 0.500. The molecule has 0 fully saturated rings. The average molecular weight is 205 g/mol. The van der Waals surface area contributed by atoms with Crippen molar-refractivity contribution in [2.75, 3.05) is 0 Å². The Labute approximate surface area is 87.6 Å². The molecule has 2 N–H and O–H groups in total. The Morgan fingerprint density at radius 3 is 0.875 bits per heavy atom. The standard InChI is InChI=1S/Ca.Mn.O4Si.H2O/c;;1-5(2,3)4;/h;;;1H2/q;;-4;. The average Bonchev–Trinajstić information content (AvgIpc) is 0.722. The predicted octanol–water partition coefficient (Wildman–Crippen LogP) is -6.34. The van der Waals surface area contributed by atoms with E-state index < -0.39 is 9.05 Å². The van der Waals surface area contributed by atoms with E-state index in [1.165, 1.54) is 0 Å². The summed E-state index contributed by atoms with van der Waals surface area (Å²) in [6.07, 6.45) is 0. The third-order valence-corrected chi connectivity index (χ3v) is 0. The topological polar surface area (TPSA) is 124 Å². The maximum absolute atomic E-state index is 8.58. The second kappa shape index (κ2) is 8.80. The van der Waals surface area contributed by atoms with Crippen molar-refractivity contribution in [3.63, 3.8) is 0 Å². The first-order valence-electron chi connectivity index (χ1n) is 0.816. The molecule has 0 spiro atoms. The zero-order valence-corrected chi connectivity index (χ0v) is 8.11. The van der Waals surface area contributed by atoms with Gasteiger partial charge in [-0.2, -0.15) is 0 Å². The van der Waals surface area contributed by atoms with Crippen LogP contribution in [-0.2, 0) is 17.1 Å². The van der Waals surface area contributed by atoms with E-state index in [2.05, 4.69) is 0 Å². The molecule has 0 aliphatic heterocycles. The van der Waals surface area contributed by atoms with Crippen LogP contribution in [0.5, 0.6) is 0 Å². The summed E-state index contributed by atoms with van der Waals surface area (Å²) in [5.41, 5.74) is 0. The number of hydrogen-bond acceptors (Lipinski definition) is 4. The fraction of sp³-hybridized carbons (Fsp3) is 0. The van der Waals surface area contributed by atoms with Crippen LogP contribution in [0.2, 0.25) is 0 Å². The molecule has 0 amide bonds. The molecule has 0 bridgehead atoms. The smallest absolute Gasteiger partial charge is 0 e. The summed E-state index contributed by atoms with van der Waals surface area (Å²) in [5, 5.41) is 0. The Kier molecular flexibility index (Phi) is 24.8. The van der Waals surface area contributed by atoms with E-state index in [0.29, 0.717) is 0 Å². The molecule has 3 radical (unpaired) electrons. The van der Waals surface area contributed by atoms with E-state index in [1.807, 2.05) is 0 Å². The maximum Gasteiger partial charge on any atom is 0 e. The minimum absolute atomic E-state index is 0. The van der Waals surface area contributed by atoms with E-state index in [4.69, 9.17) is 19.2 Å². The van der Waals surface area contributed by atoms with Crippen LogP contribution in [0.3, 0.4) is 0 Å². The Balaban J connectivity index is -0.0000000267. The Bertz CT molecular complexity index is 27.9. The van der Waals surface area contributed by atoms with Crippen molar-refractivity contribution in [1.82, 2.24) is 0 Å². The van der Waals surface area contributed by atoms with E-state index in [0.717, 1.165) is 0 Å². The van der Waals surface area contributed by atoms with Crippen LogP contribution in [0.1, 0.15) is 0 Å². The molecule has 0 unspecified atom stereocenters. The van der Waals surface area contributed by atoms with Gasteiger partial charge in [-0.05, 0) is 0 Å². The molecule has 0 heterocycles. The van der Waals surface area contributed by atoms with Crippen LogP contribution in [0.4, 0.5) is 0 Å². The fourth-order valence-electron chi connectivity index (χ4n) is 0. The fourth-order valence-corrected chi connectivity index (χ4v) is 0. The van der Waals surface area contributed by atoms with Gasteiger partial charge in [-0.15, -0.1) is 0 Å². The van der Waals surface area contributed by atoms with Gasteiger partial charge in [0.15, 0.2) is 0 Å². The van der Waals surface area contributed by atoms with Gasteiger partial charge in [0.25, 0.3) is 0 Å². The Hall–Kier alpha value is 1.80. The van der Waals surface area contributed by atoms with Crippen LogP contribution in [0.15, 0.2) is 0 Å². The summed E-state index contributed by atoms with van der Waals surface area (Å²) in [6.45, 7) is 0. The summed E-state index contributed by atoms with van der Waals surface area (Å²) in [5.74, 6) is 0. The van der Waals surface area contributed by atoms with Gasteiger partial charge in [-0.25, -0.2) is 0 Å². The first-order chi connectivity index (χ1) is 2.00. The van der Waals surface area contributed by atoms with Crippen molar-refractivity contribution in [2.24, 2.45) is 0 Å². The number of hydrogen-bond donors (Lipinski definition) is 0. The molecule has 0 aliphatic carbocycles. The molecule has 0 aliphatic rings. The third-order valence-electron chi connectivity index (χ3n) is 0. The minimum atomic E-state index is -5.61. The molecule has 0 aromatic carbocycles. The molecule has 49 valence electrons. The molecular formula is H2CaMnO5Si-4. The molecule has 0 rings (SSSR count). The van der Waals surface area contributed by atoms with Gasteiger partial charge in [0, 0.05) is 54.8 Å². The van der Waals surface area contributed by atoms with Crippen molar-refractivity contribution in [3.8, 4) is 0 Å². The van der Waals surface area contributed by atoms with Crippen LogP contribution >= 0.6 is 0 Å². The zero-order chi connectivity index (χ0) is 4.50. The largest absolute Gasteiger partial charge is 0.894 e. The molecule has 5 nitrogen and oxygen atoms in total. The van der Waals surface area contributed by atoms with Crippen LogP contribution in [-0.4, -0.2) is 52.3 Å². The Morgan fingerprint density at radius 2 is 0.875 bits per heavy atom. The molecule has 0 aromatic heterocycles. The van der Waals surface area contributed by atoms with E-state index >= 15 is 0 Å². The van der Waals surface area contributed by atoms with Crippen LogP contribution in [0, 0.1) is 0 Å². The minimum Gasteiger partial charge on any atom is -0.894 e. The van der Waals surface area contributed by atoms with E-state index in [-0.39, 0.29) is 60.3 Å². The van der Waals surface area contributed by atoms with Crippen LogP contribution in [0.25, 0.3) is 0 Å². The summed E-state index contributed by atoms with van der Waals surface area (Å²) in [7, 11) is -5.61. The Morgan fingerprint density at radius 1 is 0.875 bits per heavy atom. The van der Waals surface area contributed by atoms with Gasteiger partial charge in [-0.1, -0.05) is 0 Å². The van der Waals surface area contributed by atoms with Gasteiger partial charge >= 0.3 is 0 Å². The zero-order valence-electron chi connectivity index (χ0n) is 3.72. The van der Waals surface area contributed by atoms with Gasteiger partial charge < -0.3 is 33.7 Å². The molecule has 8 heteroatoms. The monoisotopic (exact) mass is 205 g/mol. The van der Waals surface area contributed by atoms with E-state index in [9.17, 15) is 0 Å². The summed E-state index contributed by atoms with van der Waals surface area (Å²) in [6, 6.07) is 0. The van der Waals surface area contributed by atoms with Gasteiger partial charge in [-0.3, -0.25) is 0 Å². The quantitative estimate of drug-likeness (QED) is 0.364. The maximum atomic E-state index is 8.58. The summed E-state index contributed by atoms with van der Waals surface area (Å²) >= 11 is 0. The SMILES string of the molecule is O.[Ca].[Mn].[O-][Si]([O-])([O-])[O-].